The molecule has 2 aromatic carbocycles. The Labute approximate surface area is 275 Å². The van der Waals surface area contributed by atoms with E-state index < -0.39 is 23.2 Å². The first-order chi connectivity index (χ1) is 22.7. The second kappa shape index (κ2) is 13.5. The van der Waals surface area contributed by atoms with Crippen molar-refractivity contribution in [3.63, 3.8) is 0 Å². The first-order valence-corrected chi connectivity index (χ1v) is 15.5. The van der Waals surface area contributed by atoms with E-state index in [0.717, 1.165) is 16.8 Å². The number of likely N-dealkylation sites (N-methyl/N-ethyl adjacent to an activating group) is 1. The van der Waals surface area contributed by atoms with Gasteiger partial charge in [-0.3, -0.25) is 19.1 Å². The number of alkyl halides is 3. The predicted molar refractivity (Wildman–Crippen MR) is 170 cm³/mol. The zero-order chi connectivity index (χ0) is 34.8. The van der Waals surface area contributed by atoms with Gasteiger partial charge in [-0.25, -0.2) is 9.36 Å². The van der Waals surface area contributed by atoms with Crippen molar-refractivity contribution in [1.29, 1.82) is 5.26 Å². The van der Waals surface area contributed by atoms with E-state index in [1.807, 2.05) is 27.2 Å². The van der Waals surface area contributed by atoms with Crippen molar-refractivity contribution >= 4 is 11.9 Å². The number of rotatable bonds is 9. The van der Waals surface area contributed by atoms with Gasteiger partial charge in [-0.1, -0.05) is 6.07 Å². The third kappa shape index (κ3) is 7.36. The van der Waals surface area contributed by atoms with Crippen LogP contribution in [0.4, 0.5) is 13.2 Å². The third-order valence-corrected chi connectivity index (χ3v) is 8.44. The summed E-state index contributed by atoms with van der Waals surface area (Å²) in [5.74, 6) is -1.26. The Kier molecular flexibility index (Phi) is 9.63. The van der Waals surface area contributed by atoms with Gasteiger partial charge >= 0.3 is 12.1 Å². The molecule has 4 aromatic rings. The monoisotopic (exact) mass is 664 g/mol. The second-order valence-corrected chi connectivity index (χ2v) is 12.9. The molecule has 11 nitrogen and oxygen atoms in total. The van der Waals surface area contributed by atoms with Crippen LogP contribution in [-0.2, 0) is 22.8 Å². The fourth-order valence-corrected chi connectivity index (χ4v) is 5.84. The van der Waals surface area contributed by atoms with Crippen molar-refractivity contribution in [3.8, 4) is 28.8 Å². The maximum Gasteiger partial charge on any atom is 0.416 e. The molecule has 1 saturated carbocycles. The van der Waals surface area contributed by atoms with E-state index in [4.69, 9.17) is 4.74 Å². The Hall–Kier alpha value is -5.16. The molecule has 0 atom stereocenters. The van der Waals surface area contributed by atoms with Crippen LogP contribution in [-0.4, -0.2) is 75.8 Å². The molecule has 2 heterocycles. The Morgan fingerprint density at radius 2 is 1.73 bits per heavy atom. The highest BCUT2D eigenvalue weighted by Gasteiger charge is 2.34. The SMILES string of the molecule is Cn1c(-c2ccnn2-c2ccc(C#N)cc2)c(C(=O)NC2CCC(C(=O)OCC[N+](C)(C)C)CC2)c(=O)n1-c1cccc(C(F)(F)F)c1. The molecule has 48 heavy (non-hydrogen) atoms. The first kappa shape index (κ1) is 34.2. The van der Waals surface area contributed by atoms with E-state index in [1.165, 1.54) is 34.7 Å². The van der Waals surface area contributed by atoms with Gasteiger partial charge in [0.15, 0.2) is 0 Å². The normalized spacial score (nSPS) is 16.7. The minimum absolute atomic E-state index is 0.0775. The molecular formula is C34H37F3N7O4+. The van der Waals surface area contributed by atoms with Crippen LogP contribution in [0.2, 0.25) is 0 Å². The van der Waals surface area contributed by atoms with Gasteiger partial charge in [0.2, 0.25) is 0 Å². The topological polar surface area (TPSA) is 124 Å². The smallest absolute Gasteiger partial charge is 0.416 e. The number of nitriles is 1. The van der Waals surface area contributed by atoms with E-state index in [1.54, 1.807) is 30.3 Å². The molecule has 1 fully saturated rings. The molecule has 0 saturated heterocycles. The third-order valence-electron chi connectivity index (χ3n) is 8.44. The van der Waals surface area contributed by atoms with Crippen LogP contribution >= 0.6 is 0 Å². The molecule has 1 aliphatic carbocycles. The summed E-state index contributed by atoms with van der Waals surface area (Å²) in [6.45, 7) is 0.992. The Bertz CT molecular complexity index is 1900. The first-order valence-electron chi connectivity index (χ1n) is 15.5. The van der Waals surface area contributed by atoms with Crippen LogP contribution in [0.3, 0.4) is 0 Å². The highest BCUT2D eigenvalue weighted by Crippen LogP contribution is 2.32. The van der Waals surface area contributed by atoms with Crippen molar-refractivity contribution < 1.29 is 32.0 Å². The summed E-state index contributed by atoms with van der Waals surface area (Å²) in [6.07, 6.45) is -1.23. The van der Waals surface area contributed by atoms with E-state index in [0.29, 0.717) is 60.3 Å². The average molecular weight is 665 g/mol. The van der Waals surface area contributed by atoms with Crippen LogP contribution in [0.15, 0.2) is 65.6 Å². The van der Waals surface area contributed by atoms with Crippen molar-refractivity contribution in [2.75, 3.05) is 34.3 Å². The van der Waals surface area contributed by atoms with Gasteiger partial charge in [0.05, 0.1) is 67.5 Å². The zero-order valence-corrected chi connectivity index (χ0v) is 27.1. The summed E-state index contributed by atoms with van der Waals surface area (Å²) in [5.41, 5.74) is -0.697. The maximum atomic E-state index is 14.1. The molecule has 252 valence electrons. The Morgan fingerprint density at radius 3 is 2.35 bits per heavy atom. The average Bonchev–Trinajstić information content (AvgIpc) is 3.62. The molecule has 14 heteroatoms. The summed E-state index contributed by atoms with van der Waals surface area (Å²) in [4.78, 5) is 40.7. The Morgan fingerprint density at radius 1 is 1.04 bits per heavy atom. The largest absolute Gasteiger partial charge is 0.459 e. The van der Waals surface area contributed by atoms with Gasteiger partial charge in [-0.2, -0.15) is 23.5 Å². The number of nitrogens with zero attached hydrogens (tertiary/aromatic N) is 6. The number of quaternary nitrogens is 1. The summed E-state index contributed by atoms with van der Waals surface area (Å²) in [6, 6.07) is 14.1. The van der Waals surface area contributed by atoms with Gasteiger partial charge in [0, 0.05) is 13.1 Å². The highest BCUT2D eigenvalue weighted by molar-refractivity contribution is 6.00. The number of halogens is 3. The number of carbonyl (C=O) groups is 2. The van der Waals surface area contributed by atoms with Gasteiger partial charge in [-0.05, 0) is 74.2 Å². The lowest BCUT2D eigenvalue weighted by Gasteiger charge is -2.28. The fourth-order valence-electron chi connectivity index (χ4n) is 5.84. The molecule has 0 aliphatic heterocycles. The quantitative estimate of drug-likeness (QED) is 0.208. The number of esters is 1. The van der Waals surface area contributed by atoms with E-state index >= 15 is 0 Å². The molecule has 1 aliphatic rings. The number of aromatic nitrogens is 4. The summed E-state index contributed by atoms with van der Waals surface area (Å²) in [7, 11) is 7.51. The van der Waals surface area contributed by atoms with Gasteiger partial charge in [0.25, 0.3) is 11.5 Å². The number of hydrogen-bond acceptors (Lipinski definition) is 6. The lowest BCUT2D eigenvalue weighted by molar-refractivity contribution is -0.870. The van der Waals surface area contributed by atoms with E-state index in [9.17, 15) is 32.8 Å². The highest BCUT2D eigenvalue weighted by atomic mass is 19.4. The van der Waals surface area contributed by atoms with Gasteiger partial charge in [0.1, 0.15) is 24.4 Å². The number of hydrogen-bond donors (Lipinski definition) is 1. The van der Waals surface area contributed by atoms with Crippen LogP contribution in [0, 0.1) is 17.2 Å². The summed E-state index contributed by atoms with van der Waals surface area (Å²) < 4.78 is 50.9. The number of amides is 1. The van der Waals surface area contributed by atoms with Crippen LogP contribution in [0.5, 0.6) is 0 Å². The van der Waals surface area contributed by atoms with Crippen molar-refractivity contribution in [2.24, 2.45) is 13.0 Å². The minimum Gasteiger partial charge on any atom is -0.459 e. The number of ether oxygens (including phenoxy) is 1. The molecule has 0 radical (unpaired) electrons. The fraction of sp³-hybridized carbons (Fsp3) is 0.382. The zero-order valence-electron chi connectivity index (χ0n) is 27.1. The van der Waals surface area contributed by atoms with Crippen molar-refractivity contribution in [3.05, 3.63) is 87.8 Å². The Balaban J connectivity index is 1.48. The maximum absolute atomic E-state index is 14.1. The lowest BCUT2D eigenvalue weighted by atomic mass is 9.86. The molecule has 0 bridgehead atoms. The number of carbonyl (C=O) groups excluding carboxylic acids is 2. The number of nitrogens with one attached hydrogen (secondary N) is 1. The van der Waals surface area contributed by atoms with E-state index in [2.05, 4.69) is 10.4 Å². The van der Waals surface area contributed by atoms with Gasteiger partial charge in [-0.15, -0.1) is 0 Å². The van der Waals surface area contributed by atoms with Crippen LogP contribution in [0.1, 0.15) is 47.2 Å². The van der Waals surface area contributed by atoms with Crippen molar-refractivity contribution in [1.82, 2.24) is 24.5 Å². The molecular weight excluding hydrogens is 627 g/mol. The summed E-state index contributed by atoms with van der Waals surface area (Å²) >= 11 is 0. The van der Waals surface area contributed by atoms with E-state index in [-0.39, 0.29) is 34.9 Å². The van der Waals surface area contributed by atoms with Crippen LogP contribution in [0.25, 0.3) is 22.8 Å². The van der Waals surface area contributed by atoms with Crippen LogP contribution < -0.4 is 10.9 Å². The van der Waals surface area contributed by atoms with Gasteiger partial charge < -0.3 is 14.5 Å². The second-order valence-electron chi connectivity index (χ2n) is 12.9. The molecule has 1 amide bonds. The van der Waals surface area contributed by atoms with Crippen molar-refractivity contribution in [2.45, 2.75) is 37.9 Å². The molecule has 0 unspecified atom stereocenters. The molecule has 2 aromatic heterocycles. The minimum atomic E-state index is -4.65. The molecule has 1 N–H and O–H groups in total. The lowest BCUT2D eigenvalue weighted by Crippen LogP contribution is -2.41. The molecule has 5 rings (SSSR count). The summed E-state index contributed by atoms with van der Waals surface area (Å²) in [5, 5.41) is 16.5. The number of benzene rings is 2. The predicted octanol–water partition coefficient (Wildman–Crippen LogP) is 4.46. The standard InChI is InChI=1S/C34H36F3N7O4/c1-41-30(28-16-17-39-42(28)26-14-8-22(21-38)9-15-26)29(32(46)43(41)27-7-5-6-24(20-27)34(35,36)37)31(45)40-25-12-10-23(11-13-25)33(47)48-19-18-44(2,3)4/h5-9,14-17,20,23,25H,10-13,18-19H2,1-4H3/p+1. The molecule has 0 spiro atoms.